The second-order valence-corrected chi connectivity index (χ2v) is 8.52. The van der Waals surface area contributed by atoms with Gasteiger partial charge in [0.1, 0.15) is 17.6 Å². The van der Waals surface area contributed by atoms with E-state index in [9.17, 15) is 13.7 Å². The molecule has 152 valence electrons. The molecule has 3 rings (SSSR count). The summed E-state index contributed by atoms with van der Waals surface area (Å²) in [5, 5.41) is 10.1. The van der Waals surface area contributed by atoms with Crippen LogP contribution in [0.5, 0.6) is 11.5 Å². The molecule has 0 aliphatic carbocycles. The van der Waals surface area contributed by atoms with Crippen molar-refractivity contribution in [3.8, 4) is 17.6 Å². The van der Waals surface area contributed by atoms with Gasteiger partial charge >= 0.3 is 0 Å². The summed E-state index contributed by atoms with van der Waals surface area (Å²) >= 11 is 6.19. The largest absolute Gasteiger partial charge is 0.493 e. The summed E-state index contributed by atoms with van der Waals surface area (Å²) in [4.78, 5) is -0.358. The molecule has 3 aromatic carbocycles. The predicted molar refractivity (Wildman–Crippen MR) is 116 cm³/mol. The lowest BCUT2D eigenvalue weighted by molar-refractivity contribution is 0.284. The van der Waals surface area contributed by atoms with Crippen LogP contribution in [0.3, 0.4) is 0 Å². The van der Waals surface area contributed by atoms with Gasteiger partial charge in [-0.15, -0.1) is 0 Å². The molecule has 0 spiro atoms. The van der Waals surface area contributed by atoms with Crippen molar-refractivity contribution in [2.24, 2.45) is 0 Å². The molecule has 0 heterocycles. The molecule has 0 atom stereocenters. The van der Waals surface area contributed by atoms with Crippen LogP contribution in [0, 0.1) is 11.3 Å². The highest BCUT2D eigenvalue weighted by Gasteiger charge is 2.22. The van der Waals surface area contributed by atoms with E-state index in [1.807, 2.05) is 18.2 Å². The fourth-order valence-corrected chi connectivity index (χ4v) is 4.13. The Bertz CT molecular complexity index is 1220. The average Bonchev–Trinajstić information content (AvgIpc) is 2.77. The maximum absolute atomic E-state index is 12.9. The molecular weight excluding hydrogens is 422 g/mol. The number of hydrogen-bond donors (Lipinski definition) is 0. The molecule has 0 saturated heterocycles. The van der Waals surface area contributed by atoms with E-state index < -0.39 is 14.7 Å². The molecule has 0 aromatic heterocycles. The van der Waals surface area contributed by atoms with Crippen LogP contribution < -0.4 is 9.47 Å². The number of nitrogens with zero attached hydrogens (tertiary/aromatic N) is 1. The summed E-state index contributed by atoms with van der Waals surface area (Å²) in [5.74, 6) is 0.723. The van der Waals surface area contributed by atoms with Crippen molar-refractivity contribution in [1.82, 2.24) is 0 Å². The predicted octanol–water partition coefficient (Wildman–Crippen LogP) is 5.27. The quantitative estimate of drug-likeness (QED) is 0.469. The highest BCUT2D eigenvalue weighted by atomic mass is 35.5. The standard InChI is InChI=1S/C23H18ClNO4S/c1-28-22-13-7-9-17(23(22)29-16-18-8-5-6-12-21(18)24)14-20(15-25)30(26,27)19-10-3-2-4-11-19/h2-14H,16H2,1H3/b20-14-. The summed E-state index contributed by atoms with van der Waals surface area (Å²) in [7, 11) is -2.49. The molecule has 0 bridgehead atoms. The van der Waals surface area contributed by atoms with Gasteiger partial charge in [-0.25, -0.2) is 8.42 Å². The fourth-order valence-electron chi connectivity index (χ4n) is 2.76. The highest BCUT2D eigenvalue weighted by molar-refractivity contribution is 7.95. The molecule has 0 amide bonds. The van der Waals surface area contributed by atoms with Crippen molar-refractivity contribution in [2.45, 2.75) is 11.5 Å². The minimum absolute atomic E-state index is 0.0410. The zero-order chi connectivity index (χ0) is 21.6. The molecule has 7 heteroatoms. The van der Waals surface area contributed by atoms with Gasteiger partial charge in [0.25, 0.3) is 0 Å². The molecule has 0 saturated carbocycles. The van der Waals surface area contributed by atoms with Gasteiger partial charge in [-0.3, -0.25) is 0 Å². The van der Waals surface area contributed by atoms with Crippen molar-refractivity contribution in [3.63, 3.8) is 0 Å². The smallest absolute Gasteiger partial charge is 0.216 e. The van der Waals surface area contributed by atoms with Crippen molar-refractivity contribution in [2.75, 3.05) is 7.11 Å². The number of rotatable bonds is 7. The van der Waals surface area contributed by atoms with Crippen molar-refractivity contribution < 1.29 is 17.9 Å². The van der Waals surface area contributed by atoms with E-state index in [0.717, 1.165) is 5.56 Å². The summed E-state index contributed by atoms with van der Waals surface area (Å²) in [6.45, 7) is 0.147. The molecular formula is C23H18ClNO4S. The Morgan fingerprint density at radius 3 is 2.40 bits per heavy atom. The number of para-hydroxylation sites is 1. The number of halogens is 1. The maximum atomic E-state index is 12.9. The third kappa shape index (κ3) is 4.65. The Morgan fingerprint density at radius 2 is 1.73 bits per heavy atom. The third-order valence-electron chi connectivity index (χ3n) is 4.30. The fraction of sp³-hybridized carbons (Fsp3) is 0.0870. The lowest BCUT2D eigenvalue weighted by Crippen LogP contribution is -2.04. The van der Waals surface area contributed by atoms with E-state index in [4.69, 9.17) is 21.1 Å². The topological polar surface area (TPSA) is 76.4 Å². The minimum Gasteiger partial charge on any atom is -0.493 e. The van der Waals surface area contributed by atoms with Gasteiger partial charge in [0.05, 0.1) is 12.0 Å². The number of ether oxygens (including phenoxy) is 2. The van der Waals surface area contributed by atoms with Crippen LogP contribution in [0.4, 0.5) is 0 Å². The molecule has 0 aliphatic heterocycles. The number of hydrogen-bond acceptors (Lipinski definition) is 5. The molecule has 0 aliphatic rings. The lowest BCUT2D eigenvalue weighted by atomic mass is 10.1. The maximum Gasteiger partial charge on any atom is 0.216 e. The van der Waals surface area contributed by atoms with E-state index in [0.29, 0.717) is 22.1 Å². The molecule has 3 aromatic rings. The Balaban J connectivity index is 2.03. The first kappa shape index (κ1) is 21.4. The van der Waals surface area contributed by atoms with Crippen LogP contribution in [0.15, 0.2) is 82.6 Å². The summed E-state index contributed by atoms with van der Waals surface area (Å²) in [5.41, 5.74) is 1.16. The van der Waals surface area contributed by atoms with Crippen LogP contribution in [0.25, 0.3) is 6.08 Å². The molecule has 0 radical (unpaired) electrons. The van der Waals surface area contributed by atoms with Crippen molar-refractivity contribution in [3.05, 3.63) is 93.9 Å². The van der Waals surface area contributed by atoms with Gasteiger partial charge in [-0.1, -0.05) is 60.1 Å². The highest BCUT2D eigenvalue weighted by Crippen LogP contribution is 2.35. The first-order chi connectivity index (χ1) is 14.5. The SMILES string of the molecule is COc1cccc(/C=C(/C#N)S(=O)(=O)c2ccccc2)c1OCc1ccccc1Cl. The van der Waals surface area contributed by atoms with E-state index >= 15 is 0 Å². The van der Waals surface area contributed by atoms with E-state index in [1.165, 1.54) is 25.3 Å². The Labute approximate surface area is 180 Å². The Kier molecular flexibility index (Phi) is 6.78. The third-order valence-corrected chi connectivity index (χ3v) is 6.35. The van der Waals surface area contributed by atoms with Crippen LogP contribution in [0.2, 0.25) is 5.02 Å². The van der Waals surface area contributed by atoms with Crippen LogP contribution in [0.1, 0.15) is 11.1 Å². The molecule has 0 fully saturated rings. The summed E-state index contributed by atoms with van der Waals surface area (Å²) in [6, 6.07) is 21.9. The second kappa shape index (κ2) is 9.49. The average molecular weight is 440 g/mol. The first-order valence-corrected chi connectivity index (χ1v) is 10.8. The summed E-state index contributed by atoms with van der Waals surface area (Å²) < 4.78 is 37.1. The van der Waals surface area contributed by atoms with Crippen molar-refractivity contribution >= 4 is 27.5 Å². The van der Waals surface area contributed by atoms with Crippen LogP contribution >= 0.6 is 11.6 Å². The lowest BCUT2D eigenvalue weighted by Gasteiger charge is -2.14. The minimum atomic E-state index is -3.98. The Morgan fingerprint density at radius 1 is 1.03 bits per heavy atom. The summed E-state index contributed by atoms with van der Waals surface area (Å²) in [6.07, 6.45) is 1.28. The molecule has 5 nitrogen and oxygen atoms in total. The van der Waals surface area contributed by atoms with Crippen LogP contribution in [-0.4, -0.2) is 15.5 Å². The first-order valence-electron chi connectivity index (χ1n) is 8.92. The van der Waals surface area contributed by atoms with Gasteiger partial charge in [0.2, 0.25) is 9.84 Å². The van der Waals surface area contributed by atoms with E-state index in [2.05, 4.69) is 0 Å². The zero-order valence-electron chi connectivity index (χ0n) is 16.1. The van der Waals surface area contributed by atoms with Gasteiger partial charge in [-0.05, 0) is 30.3 Å². The molecule has 0 N–H and O–H groups in total. The monoisotopic (exact) mass is 439 g/mol. The van der Waals surface area contributed by atoms with E-state index in [1.54, 1.807) is 48.5 Å². The second-order valence-electron chi connectivity index (χ2n) is 6.20. The Hall–Kier alpha value is -3.27. The molecule has 0 unspecified atom stereocenters. The number of benzene rings is 3. The van der Waals surface area contributed by atoms with Gasteiger partial charge in [-0.2, -0.15) is 5.26 Å². The number of nitriles is 1. The van der Waals surface area contributed by atoms with Crippen LogP contribution in [-0.2, 0) is 16.4 Å². The number of methoxy groups -OCH3 is 1. The normalized spacial score (nSPS) is 11.6. The van der Waals surface area contributed by atoms with Gasteiger partial charge < -0.3 is 9.47 Å². The van der Waals surface area contributed by atoms with Crippen molar-refractivity contribution in [1.29, 1.82) is 5.26 Å². The van der Waals surface area contributed by atoms with Gasteiger partial charge in [0, 0.05) is 16.1 Å². The number of sulfone groups is 1. The van der Waals surface area contributed by atoms with Gasteiger partial charge in [0.15, 0.2) is 11.5 Å². The van der Waals surface area contributed by atoms with E-state index in [-0.39, 0.29) is 11.5 Å². The zero-order valence-corrected chi connectivity index (χ0v) is 17.7. The molecule has 30 heavy (non-hydrogen) atoms. The number of allylic oxidation sites excluding steroid dienone is 1.